The Hall–Kier alpha value is -10.0. The van der Waals surface area contributed by atoms with Gasteiger partial charge in [-0.2, -0.15) is 0 Å². The van der Waals surface area contributed by atoms with Crippen LogP contribution in [-0.2, 0) is 0 Å². The molecule has 0 saturated carbocycles. The molecule has 0 unspecified atom stereocenters. The summed E-state index contributed by atoms with van der Waals surface area (Å²) in [5.74, 6) is -2.54. The molecule has 0 saturated heterocycles. The number of fused-ring (bicyclic) bond motifs is 3. The summed E-state index contributed by atoms with van der Waals surface area (Å²) in [5.41, 5.74) is 7.74. The van der Waals surface area contributed by atoms with Crippen molar-refractivity contribution in [2.24, 2.45) is 0 Å². The number of benzene rings is 9. The fourth-order valence-electron chi connectivity index (χ4n) is 9.60. The van der Waals surface area contributed by atoms with E-state index >= 15 is 0 Å². The highest BCUT2D eigenvalue weighted by Crippen LogP contribution is 2.37. The molecule has 0 atom stereocenters. The van der Waals surface area contributed by atoms with Crippen LogP contribution in [0.2, 0.25) is 0 Å². The fourth-order valence-corrected chi connectivity index (χ4v) is 9.60. The Labute approximate surface area is 422 Å². The summed E-state index contributed by atoms with van der Waals surface area (Å²) in [6.45, 7) is 0. The minimum absolute atomic E-state index is 0.234. The van der Waals surface area contributed by atoms with E-state index in [9.17, 15) is 26.3 Å². The van der Waals surface area contributed by atoms with Gasteiger partial charge in [-0.05, 0) is 91.0 Å². The number of rotatable bonds is 9. The summed E-state index contributed by atoms with van der Waals surface area (Å²) in [4.78, 5) is 30.0. The van der Waals surface area contributed by atoms with Crippen LogP contribution in [-0.4, -0.2) is 43.6 Å². The molecular formula is C60H33F6N9. The van der Waals surface area contributed by atoms with Gasteiger partial charge in [0.25, 0.3) is 0 Å². The second-order valence-electron chi connectivity index (χ2n) is 17.7. The lowest BCUT2D eigenvalue weighted by atomic mass is 10.1. The molecule has 9 nitrogen and oxygen atoms in total. The van der Waals surface area contributed by atoms with Gasteiger partial charge in [-0.1, -0.05) is 91.0 Å². The average molecular weight is 994 g/mol. The average Bonchev–Trinajstić information content (AvgIpc) is 4.17. The van der Waals surface area contributed by atoms with Crippen molar-refractivity contribution in [3.8, 4) is 85.4 Å². The summed E-state index contributed by atoms with van der Waals surface area (Å²) >= 11 is 0. The Balaban J connectivity index is 0.998. The normalized spacial score (nSPS) is 11.6. The lowest BCUT2D eigenvalue weighted by Gasteiger charge is -2.13. The predicted molar refractivity (Wildman–Crippen MR) is 276 cm³/mol. The molecule has 0 radical (unpaired) electrons. The van der Waals surface area contributed by atoms with Gasteiger partial charge in [-0.15, -0.1) is 0 Å². The number of para-hydroxylation sites is 6. The number of halogens is 6. The molecule has 4 heterocycles. The third kappa shape index (κ3) is 8.21. The van der Waals surface area contributed by atoms with E-state index in [1.54, 1.807) is 13.7 Å². The standard InChI is InChI=1S/C60H33F6N9/c61-40-25-41(62)29-46(28-40)73-52-19-4-1-16-49(52)67-58(73)37-13-7-10-34(22-37)55-70-56(35-11-8-14-38(23-35)59-68-50-17-2-5-20-53(50)74(59)47-30-42(63)26-43(64)31-47)72-57(71-55)36-12-9-15-39(24-36)60-69-51-18-3-6-21-54(51)75(60)48-32-44(65)27-45(66)33-48/h1-33H. The number of aromatic nitrogens is 9. The molecule has 9 aromatic carbocycles. The molecule has 0 N–H and O–H groups in total. The zero-order valence-electron chi connectivity index (χ0n) is 38.8. The molecule has 0 spiro atoms. The molecule has 0 amide bonds. The molecule has 0 aliphatic carbocycles. The van der Waals surface area contributed by atoms with E-state index in [0.29, 0.717) is 84.0 Å². The van der Waals surface area contributed by atoms with E-state index in [0.717, 1.165) is 18.2 Å². The lowest BCUT2D eigenvalue weighted by molar-refractivity contribution is 0.581. The van der Waals surface area contributed by atoms with Gasteiger partial charge in [-0.3, -0.25) is 13.7 Å². The summed E-state index contributed by atoms with van der Waals surface area (Å²) in [5, 5.41) is 0. The first-order valence-corrected chi connectivity index (χ1v) is 23.5. The van der Waals surface area contributed by atoms with Crippen LogP contribution in [0.25, 0.3) is 118 Å². The molecular weight excluding hydrogens is 961 g/mol. The number of hydrogen-bond donors (Lipinski definition) is 0. The molecule has 13 aromatic rings. The lowest BCUT2D eigenvalue weighted by Crippen LogP contribution is -2.02. The minimum atomic E-state index is -0.749. The van der Waals surface area contributed by atoms with Gasteiger partial charge in [0, 0.05) is 51.6 Å². The number of imidazole rings is 3. The first-order chi connectivity index (χ1) is 36.6. The first-order valence-electron chi connectivity index (χ1n) is 23.5. The third-order valence-corrected chi connectivity index (χ3v) is 12.8. The topological polar surface area (TPSA) is 92.1 Å². The smallest absolute Gasteiger partial charge is 0.164 e. The van der Waals surface area contributed by atoms with Crippen molar-refractivity contribution in [2.45, 2.75) is 0 Å². The molecule has 4 aromatic heterocycles. The van der Waals surface area contributed by atoms with Crippen LogP contribution in [0, 0.1) is 34.9 Å². The van der Waals surface area contributed by atoms with Gasteiger partial charge in [-0.25, -0.2) is 56.2 Å². The largest absolute Gasteiger partial charge is 0.292 e. The minimum Gasteiger partial charge on any atom is -0.292 e. The zero-order valence-corrected chi connectivity index (χ0v) is 38.8. The Morgan fingerprint density at radius 3 is 0.773 bits per heavy atom. The van der Waals surface area contributed by atoms with Crippen LogP contribution in [0.15, 0.2) is 200 Å². The fraction of sp³-hybridized carbons (Fsp3) is 0. The highest BCUT2D eigenvalue weighted by molar-refractivity contribution is 5.87. The molecule has 75 heavy (non-hydrogen) atoms. The van der Waals surface area contributed by atoms with Gasteiger partial charge in [0.1, 0.15) is 52.4 Å². The van der Waals surface area contributed by atoms with E-state index in [2.05, 4.69) is 0 Å². The Kier molecular flexibility index (Phi) is 10.7. The van der Waals surface area contributed by atoms with Crippen molar-refractivity contribution < 1.29 is 26.3 Å². The first kappa shape index (κ1) is 44.9. The van der Waals surface area contributed by atoms with Crippen molar-refractivity contribution in [2.75, 3.05) is 0 Å². The van der Waals surface area contributed by atoms with Gasteiger partial charge in [0.15, 0.2) is 17.5 Å². The molecule has 0 aliphatic rings. The molecule has 360 valence electrons. The molecule has 0 bridgehead atoms. The Bertz CT molecular complexity index is 3910. The van der Waals surface area contributed by atoms with Crippen molar-refractivity contribution in [3.63, 3.8) is 0 Å². The summed E-state index contributed by atoms with van der Waals surface area (Å²) < 4.78 is 94.1. The van der Waals surface area contributed by atoms with Gasteiger partial charge >= 0.3 is 0 Å². The Morgan fingerprint density at radius 2 is 0.493 bits per heavy atom. The molecule has 0 aliphatic heterocycles. The van der Waals surface area contributed by atoms with E-state index in [4.69, 9.17) is 29.9 Å². The summed E-state index contributed by atoms with van der Waals surface area (Å²) in [7, 11) is 0. The maximum atomic E-state index is 14.8. The van der Waals surface area contributed by atoms with Crippen molar-refractivity contribution in [3.05, 3.63) is 235 Å². The molecule has 15 heteroatoms. The SMILES string of the molecule is Fc1cc(F)cc(-n2c(-c3cccc(-c4nc(-c5cccc(-c6nc7ccccc7n6-c6cc(F)cc(F)c6)c5)nc(-c5cccc(-c6nc7ccccc7n6-c6cc(F)cc(F)c6)c5)n4)c3)nc3ccccc32)c1. The quantitative estimate of drug-likeness (QED) is 0.134. The summed E-state index contributed by atoms with van der Waals surface area (Å²) in [6.07, 6.45) is 0. The monoisotopic (exact) mass is 993 g/mol. The highest BCUT2D eigenvalue weighted by atomic mass is 19.2. The van der Waals surface area contributed by atoms with Gasteiger partial charge in [0.05, 0.1) is 50.2 Å². The Morgan fingerprint density at radius 1 is 0.240 bits per heavy atom. The second kappa shape index (κ2) is 17.9. The zero-order chi connectivity index (χ0) is 50.9. The maximum Gasteiger partial charge on any atom is 0.164 e. The van der Waals surface area contributed by atoms with Gasteiger partial charge in [0.2, 0.25) is 0 Å². The van der Waals surface area contributed by atoms with Crippen LogP contribution in [0.5, 0.6) is 0 Å². The third-order valence-electron chi connectivity index (χ3n) is 12.8. The number of hydrogen-bond acceptors (Lipinski definition) is 6. The maximum absolute atomic E-state index is 14.8. The van der Waals surface area contributed by atoms with Crippen LogP contribution in [0.4, 0.5) is 26.3 Å². The van der Waals surface area contributed by atoms with Crippen LogP contribution in [0.1, 0.15) is 0 Å². The van der Waals surface area contributed by atoms with Crippen molar-refractivity contribution in [1.29, 1.82) is 0 Å². The van der Waals surface area contributed by atoms with Crippen LogP contribution >= 0.6 is 0 Å². The molecule has 0 fully saturated rings. The van der Waals surface area contributed by atoms with Crippen LogP contribution in [0.3, 0.4) is 0 Å². The van der Waals surface area contributed by atoms with Crippen molar-refractivity contribution in [1.82, 2.24) is 43.6 Å². The van der Waals surface area contributed by atoms with E-state index in [-0.39, 0.29) is 34.5 Å². The van der Waals surface area contributed by atoms with Gasteiger partial charge < -0.3 is 0 Å². The molecule has 13 rings (SSSR count). The van der Waals surface area contributed by atoms with Crippen molar-refractivity contribution >= 4 is 33.1 Å². The predicted octanol–water partition coefficient (Wildman–Crippen LogP) is 14.7. The van der Waals surface area contributed by atoms with Crippen LogP contribution < -0.4 is 0 Å². The van der Waals surface area contributed by atoms with E-state index in [1.165, 1.54) is 36.4 Å². The number of nitrogens with zero attached hydrogens (tertiary/aromatic N) is 9. The summed E-state index contributed by atoms with van der Waals surface area (Å²) in [6, 6.07) is 53.7. The highest BCUT2D eigenvalue weighted by Gasteiger charge is 2.22. The second-order valence-corrected chi connectivity index (χ2v) is 17.7. The van der Waals surface area contributed by atoms with E-state index in [1.807, 2.05) is 146 Å². The van der Waals surface area contributed by atoms with E-state index < -0.39 is 34.9 Å².